The van der Waals surface area contributed by atoms with Crippen LogP contribution < -0.4 is 11.1 Å². The number of likely N-dealkylation sites (N-methyl/N-ethyl adjacent to an activating group) is 1. The Morgan fingerprint density at radius 1 is 1.33 bits per heavy atom. The third kappa shape index (κ3) is 4.18. The number of sulfonamides is 1. The number of carbonyl (C=O) groups is 1. The van der Waals surface area contributed by atoms with Gasteiger partial charge in [0, 0.05) is 19.3 Å². The number of nitrogens with two attached hydrogens (primary N) is 1. The number of hydrogen-bond donors (Lipinski definition) is 2. The zero-order valence-corrected chi connectivity index (χ0v) is 13.5. The van der Waals surface area contributed by atoms with Gasteiger partial charge in [-0.25, -0.2) is 8.42 Å². The summed E-state index contributed by atoms with van der Waals surface area (Å²) >= 11 is 0. The number of rotatable bonds is 7. The fourth-order valence-electron chi connectivity index (χ4n) is 1.98. The Bertz CT molecular complexity index is 599. The molecule has 0 aliphatic heterocycles. The van der Waals surface area contributed by atoms with Crippen LogP contribution in [0.5, 0.6) is 0 Å². The molecule has 0 heterocycles. The van der Waals surface area contributed by atoms with Gasteiger partial charge in [-0.2, -0.15) is 4.31 Å². The Morgan fingerprint density at radius 3 is 2.48 bits per heavy atom. The van der Waals surface area contributed by atoms with Crippen LogP contribution in [0.25, 0.3) is 0 Å². The van der Waals surface area contributed by atoms with Crippen LogP contribution in [-0.2, 0) is 21.2 Å². The Kier molecular flexibility index (Phi) is 6.17. The van der Waals surface area contributed by atoms with Gasteiger partial charge in [0.15, 0.2) is 0 Å². The lowest BCUT2D eigenvalue weighted by molar-refractivity contribution is -0.120. The van der Waals surface area contributed by atoms with Crippen molar-refractivity contribution in [3.05, 3.63) is 23.8 Å². The fraction of sp³-hybridized carbons (Fsp3) is 0.500. The molecular formula is C14H23N3O3S. The number of aryl methyl sites for hydroxylation is 1. The Morgan fingerprint density at radius 2 is 2.00 bits per heavy atom. The first kappa shape index (κ1) is 17.5. The summed E-state index contributed by atoms with van der Waals surface area (Å²) < 4.78 is 26.4. The van der Waals surface area contributed by atoms with E-state index in [4.69, 9.17) is 5.73 Å². The van der Waals surface area contributed by atoms with Gasteiger partial charge in [-0.05, 0) is 30.5 Å². The number of carbonyl (C=O) groups excluding carboxylic acids is 1. The van der Waals surface area contributed by atoms with Crippen molar-refractivity contribution >= 4 is 21.6 Å². The monoisotopic (exact) mass is 313 g/mol. The molecule has 0 saturated heterocycles. The van der Waals surface area contributed by atoms with E-state index in [9.17, 15) is 13.2 Å². The second-order valence-electron chi connectivity index (χ2n) is 4.73. The molecule has 3 N–H and O–H groups in total. The summed E-state index contributed by atoms with van der Waals surface area (Å²) in [6, 6.07) is 4.71. The summed E-state index contributed by atoms with van der Waals surface area (Å²) in [4.78, 5) is 11.6. The van der Waals surface area contributed by atoms with Gasteiger partial charge in [-0.15, -0.1) is 0 Å². The van der Waals surface area contributed by atoms with Gasteiger partial charge in [0.2, 0.25) is 15.9 Å². The summed E-state index contributed by atoms with van der Waals surface area (Å²) in [6.45, 7) is 3.91. The molecule has 0 radical (unpaired) electrons. The molecule has 0 atom stereocenters. The van der Waals surface area contributed by atoms with Crippen molar-refractivity contribution in [3.63, 3.8) is 0 Å². The molecule has 7 heteroatoms. The van der Waals surface area contributed by atoms with Gasteiger partial charge in [-0.3, -0.25) is 4.79 Å². The van der Waals surface area contributed by atoms with Gasteiger partial charge in [0.05, 0.1) is 11.4 Å². The van der Waals surface area contributed by atoms with Gasteiger partial charge < -0.3 is 11.1 Å². The first-order valence-corrected chi connectivity index (χ1v) is 8.39. The molecule has 0 bridgehead atoms. The van der Waals surface area contributed by atoms with E-state index < -0.39 is 10.0 Å². The van der Waals surface area contributed by atoms with Crippen molar-refractivity contribution in [2.45, 2.75) is 31.6 Å². The Hall–Kier alpha value is -1.60. The van der Waals surface area contributed by atoms with Crippen LogP contribution in [0.1, 0.15) is 25.8 Å². The highest BCUT2D eigenvalue weighted by molar-refractivity contribution is 7.89. The minimum absolute atomic E-state index is 0.120. The third-order valence-electron chi connectivity index (χ3n) is 3.21. The minimum atomic E-state index is -3.72. The highest BCUT2D eigenvalue weighted by Gasteiger charge is 2.26. The van der Waals surface area contributed by atoms with Crippen molar-refractivity contribution < 1.29 is 13.2 Å². The average Bonchev–Trinajstić information content (AvgIpc) is 2.46. The van der Waals surface area contributed by atoms with Crippen molar-refractivity contribution in [1.82, 2.24) is 9.62 Å². The van der Waals surface area contributed by atoms with E-state index in [1.54, 1.807) is 6.07 Å². The molecule has 0 unspecified atom stereocenters. The Balaban J connectivity index is 3.16. The molecule has 0 fully saturated rings. The summed E-state index contributed by atoms with van der Waals surface area (Å²) in [5, 5.41) is 2.44. The number of benzene rings is 1. The predicted octanol–water partition coefficient (Wildman–Crippen LogP) is 0.978. The zero-order chi connectivity index (χ0) is 16.0. The van der Waals surface area contributed by atoms with Crippen molar-refractivity contribution in [2.75, 3.05) is 25.9 Å². The molecule has 6 nitrogen and oxygen atoms in total. The van der Waals surface area contributed by atoms with E-state index in [-0.39, 0.29) is 23.9 Å². The SMILES string of the molecule is CCCN(CC(=O)NC)S(=O)(=O)c1ccc(CC)c(N)c1. The molecule has 1 aromatic rings. The molecular weight excluding hydrogens is 290 g/mol. The van der Waals surface area contributed by atoms with E-state index in [1.807, 2.05) is 13.8 Å². The van der Waals surface area contributed by atoms with Crippen molar-refractivity contribution in [3.8, 4) is 0 Å². The lowest BCUT2D eigenvalue weighted by Crippen LogP contribution is -2.40. The third-order valence-corrected chi connectivity index (χ3v) is 5.05. The van der Waals surface area contributed by atoms with Gasteiger partial charge >= 0.3 is 0 Å². The highest BCUT2D eigenvalue weighted by atomic mass is 32.2. The summed E-state index contributed by atoms with van der Waals surface area (Å²) in [5.41, 5.74) is 7.23. The summed E-state index contributed by atoms with van der Waals surface area (Å²) in [7, 11) is -2.24. The number of anilines is 1. The van der Waals surface area contributed by atoms with Gasteiger partial charge in [0.25, 0.3) is 0 Å². The maximum Gasteiger partial charge on any atom is 0.243 e. The van der Waals surface area contributed by atoms with Gasteiger partial charge in [0.1, 0.15) is 0 Å². The van der Waals surface area contributed by atoms with Crippen molar-refractivity contribution in [2.24, 2.45) is 0 Å². The summed E-state index contributed by atoms with van der Waals surface area (Å²) in [5.74, 6) is -0.342. The molecule has 1 rings (SSSR count). The van der Waals surface area contributed by atoms with Crippen molar-refractivity contribution in [1.29, 1.82) is 0 Å². The molecule has 1 aromatic carbocycles. The fourth-order valence-corrected chi connectivity index (χ4v) is 3.50. The number of amides is 1. The van der Waals surface area contributed by atoms with E-state index in [2.05, 4.69) is 5.32 Å². The van der Waals surface area contributed by atoms with Gasteiger partial charge in [-0.1, -0.05) is 19.9 Å². The first-order chi connectivity index (χ1) is 9.86. The van der Waals surface area contributed by atoms with Crippen LogP contribution in [0.2, 0.25) is 0 Å². The molecule has 0 aliphatic carbocycles. The van der Waals surface area contributed by atoms with Crippen LogP contribution in [0.15, 0.2) is 23.1 Å². The van der Waals surface area contributed by atoms with Crippen LogP contribution in [0.3, 0.4) is 0 Å². The predicted molar refractivity (Wildman–Crippen MR) is 83.3 cm³/mol. The smallest absolute Gasteiger partial charge is 0.243 e. The summed E-state index contributed by atoms with van der Waals surface area (Å²) in [6.07, 6.45) is 1.36. The van der Waals surface area contributed by atoms with Crippen LogP contribution in [0, 0.1) is 0 Å². The first-order valence-electron chi connectivity index (χ1n) is 6.95. The van der Waals surface area contributed by atoms with Crippen LogP contribution in [0.4, 0.5) is 5.69 Å². The molecule has 0 aliphatic rings. The minimum Gasteiger partial charge on any atom is -0.398 e. The number of hydrogen-bond acceptors (Lipinski definition) is 4. The largest absolute Gasteiger partial charge is 0.398 e. The normalized spacial score (nSPS) is 11.6. The van der Waals surface area contributed by atoms with E-state index in [0.29, 0.717) is 12.1 Å². The topological polar surface area (TPSA) is 92.5 Å². The van der Waals surface area contributed by atoms with Crippen LogP contribution in [-0.4, -0.2) is 38.8 Å². The lowest BCUT2D eigenvalue weighted by atomic mass is 10.1. The molecule has 1 amide bonds. The van der Waals surface area contributed by atoms with Crippen LogP contribution >= 0.6 is 0 Å². The average molecular weight is 313 g/mol. The number of nitrogens with zero attached hydrogens (tertiary/aromatic N) is 1. The second kappa shape index (κ2) is 7.42. The molecule has 0 aromatic heterocycles. The molecule has 0 spiro atoms. The molecule has 21 heavy (non-hydrogen) atoms. The highest BCUT2D eigenvalue weighted by Crippen LogP contribution is 2.21. The molecule has 118 valence electrons. The molecule has 0 saturated carbocycles. The second-order valence-corrected chi connectivity index (χ2v) is 6.66. The van der Waals surface area contributed by atoms with E-state index in [0.717, 1.165) is 12.0 Å². The quantitative estimate of drug-likeness (QED) is 0.734. The number of nitrogen functional groups attached to an aromatic ring is 1. The zero-order valence-electron chi connectivity index (χ0n) is 12.7. The van der Waals surface area contributed by atoms with E-state index >= 15 is 0 Å². The lowest BCUT2D eigenvalue weighted by Gasteiger charge is -2.21. The number of nitrogens with one attached hydrogen (secondary N) is 1. The maximum atomic E-state index is 12.6. The standard InChI is InChI=1S/C14H23N3O3S/c1-4-8-17(10-14(18)16-3)21(19,20)12-7-6-11(5-2)13(15)9-12/h6-7,9H,4-5,8,10,15H2,1-3H3,(H,16,18). The maximum absolute atomic E-state index is 12.6. The van der Waals surface area contributed by atoms with E-state index in [1.165, 1.54) is 23.5 Å². The Labute approximate surface area is 126 Å².